The minimum Gasteiger partial charge on any atom is -0.462 e. The number of rotatable bonds is 64. The van der Waals surface area contributed by atoms with Crippen LogP contribution in [0.1, 0.15) is 373 Å². The molecule has 446 valence electrons. The summed E-state index contributed by atoms with van der Waals surface area (Å²) in [5.41, 5.74) is 0. The fourth-order valence-electron chi connectivity index (χ4n) is 10.6. The minimum atomic E-state index is -0.769. The van der Waals surface area contributed by atoms with Crippen molar-refractivity contribution in [3.63, 3.8) is 0 Å². The molecule has 0 aromatic carbocycles. The second-order valence-electron chi connectivity index (χ2n) is 23.2. The Morgan fingerprint density at radius 2 is 0.566 bits per heavy atom. The number of aliphatic hydroxyl groups is 1. The average molecular weight is 1070 g/mol. The van der Waals surface area contributed by atoms with Crippen LogP contribution in [0.15, 0.2) is 48.6 Å². The van der Waals surface area contributed by atoms with Crippen molar-refractivity contribution in [1.82, 2.24) is 0 Å². The highest BCUT2D eigenvalue weighted by atomic mass is 16.6. The highest BCUT2D eigenvalue weighted by Gasteiger charge is 2.16. The first kappa shape index (κ1) is 73.9. The second kappa shape index (κ2) is 67.1. The van der Waals surface area contributed by atoms with E-state index < -0.39 is 6.10 Å². The number of aliphatic hydroxyl groups excluding tert-OH is 1. The molecule has 0 saturated carbocycles. The predicted molar refractivity (Wildman–Crippen MR) is 334 cm³/mol. The molecular formula is C71H132O5. The average Bonchev–Trinajstić information content (AvgIpc) is 3.42. The Bertz CT molecular complexity index is 1250. The molecule has 0 aromatic rings. The van der Waals surface area contributed by atoms with Gasteiger partial charge in [0.1, 0.15) is 6.61 Å². The number of unbranched alkanes of at least 4 members (excludes halogenated alkanes) is 48. The Kier molecular flexibility index (Phi) is 65.2. The summed E-state index contributed by atoms with van der Waals surface area (Å²) < 4.78 is 10.8. The molecule has 0 saturated heterocycles. The Morgan fingerprint density at radius 3 is 0.855 bits per heavy atom. The van der Waals surface area contributed by atoms with Crippen molar-refractivity contribution in [3.05, 3.63) is 48.6 Å². The number of hydrogen-bond donors (Lipinski definition) is 1. The molecule has 0 fully saturated rings. The van der Waals surface area contributed by atoms with Crippen molar-refractivity contribution in [2.45, 2.75) is 380 Å². The number of ether oxygens (including phenoxy) is 2. The summed E-state index contributed by atoms with van der Waals surface area (Å²) in [6.45, 7) is 4.09. The van der Waals surface area contributed by atoms with Crippen LogP contribution in [0.25, 0.3) is 0 Å². The molecule has 0 bridgehead atoms. The van der Waals surface area contributed by atoms with Gasteiger partial charge in [-0.3, -0.25) is 9.59 Å². The van der Waals surface area contributed by atoms with E-state index in [0.717, 1.165) is 57.8 Å². The molecule has 0 amide bonds. The molecule has 0 aliphatic rings. The lowest BCUT2D eigenvalue weighted by molar-refractivity contribution is -0.161. The quantitative estimate of drug-likeness (QED) is 0.0373. The van der Waals surface area contributed by atoms with E-state index in [-0.39, 0.29) is 25.2 Å². The molecular weight excluding hydrogens is 933 g/mol. The number of carbonyl (C=O) groups excluding carboxylic acids is 2. The van der Waals surface area contributed by atoms with Crippen LogP contribution in [0.5, 0.6) is 0 Å². The Hall–Kier alpha value is -2.14. The van der Waals surface area contributed by atoms with E-state index in [0.29, 0.717) is 12.8 Å². The van der Waals surface area contributed by atoms with Crippen LogP contribution in [-0.2, 0) is 19.1 Å². The number of hydrogen-bond acceptors (Lipinski definition) is 5. The lowest BCUT2D eigenvalue weighted by atomic mass is 10.0. The van der Waals surface area contributed by atoms with E-state index in [1.165, 1.54) is 289 Å². The van der Waals surface area contributed by atoms with Gasteiger partial charge in [0.15, 0.2) is 6.10 Å². The summed E-state index contributed by atoms with van der Waals surface area (Å²) in [5, 5.41) is 9.70. The van der Waals surface area contributed by atoms with Crippen molar-refractivity contribution < 1.29 is 24.2 Å². The normalized spacial score (nSPS) is 12.4. The van der Waals surface area contributed by atoms with Crippen LogP contribution in [0.4, 0.5) is 0 Å². The van der Waals surface area contributed by atoms with Gasteiger partial charge < -0.3 is 14.6 Å². The zero-order chi connectivity index (χ0) is 54.8. The molecule has 0 aliphatic carbocycles. The third-order valence-corrected chi connectivity index (χ3v) is 15.6. The fourth-order valence-corrected chi connectivity index (χ4v) is 10.6. The summed E-state index contributed by atoms with van der Waals surface area (Å²) >= 11 is 0. The molecule has 0 heterocycles. The SMILES string of the molecule is CC/C=C\C/C=C\C/C=C\C/C=C\CCCCCCCCCCCCCCCCCCCCCCCCC(=O)OC(CO)COC(=O)CCCCCCCCCCCCCCCCCCCCCCCCCCCCC. The standard InChI is InChI=1S/C71H132O5/c1-3-5-7-9-11-13-15-17-19-21-23-25-27-29-31-32-33-34-35-36-37-38-40-42-44-46-48-50-52-54-56-58-60-62-64-66-71(74)76-69(67-72)68-75-70(73)65-63-61-59-57-55-53-51-49-47-45-43-41-39-30-28-26-24-22-20-18-16-14-12-10-8-6-4-2/h5,7,11,13,17,19,23,25,69,72H,3-4,6,8-10,12,14-16,18,20-22,24,26-68H2,1-2H3/b7-5-,13-11-,19-17-,25-23-. The lowest BCUT2D eigenvalue weighted by Gasteiger charge is -2.15. The van der Waals surface area contributed by atoms with Gasteiger partial charge in [-0.05, 0) is 51.4 Å². The highest BCUT2D eigenvalue weighted by Crippen LogP contribution is 2.19. The van der Waals surface area contributed by atoms with E-state index in [9.17, 15) is 14.7 Å². The Labute approximate surface area is 475 Å². The van der Waals surface area contributed by atoms with E-state index in [4.69, 9.17) is 9.47 Å². The monoisotopic (exact) mass is 1070 g/mol. The van der Waals surface area contributed by atoms with E-state index in [1.54, 1.807) is 0 Å². The molecule has 0 spiro atoms. The number of allylic oxidation sites excluding steroid dienone is 8. The molecule has 0 rings (SSSR count). The van der Waals surface area contributed by atoms with Gasteiger partial charge in [-0.1, -0.05) is 358 Å². The van der Waals surface area contributed by atoms with Crippen molar-refractivity contribution in [1.29, 1.82) is 0 Å². The van der Waals surface area contributed by atoms with E-state index in [2.05, 4.69) is 62.5 Å². The van der Waals surface area contributed by atoms with Crippen LogP contribution in [0.2, 0.25) is 0 Å². The summed E-state index contributed by atoms with van der Waals surface area (Å²) in [5.74, 6) is -0.565. The van der Waals surface area contributed by atoms with Crippen LogP contribution >= 0.6 is 0 Å². The van der Waals surface area contributed by atoms with Crippen molar-refractivity contribution in [3.8, 4) is 0 Å². The third-order valence-electron chi connectivity index (χ3n) is 15.6. The molecule has 76 heavy (non-hydrogen) atoms. The van der Waals surface area contributed by atoms with Gasteiger partial charge in [-0.15, -0.1) is 0 Å². The van der Waals surface area contributed by atoms with E-state index >= 15 is 0 Å². The molecule has 5 heteroatoms. The van der Waals surface area contributed by atoms with Crippen molar-refractivity contribution >= 4 is 11.9 Å². The molecule has 0 aromatic heterocycles. The second-order valence-corrected chi connectivity index (χ2v) is 23.2. The van der Waals surface area contributed by atoms with Gasteiger partial charge in [-0.2, -0.15) is 0 Å². The maximum Gasteiger partial charge on any atom is 0.306 e. The fraction of sp³-hybridized carbons (Fsp3) is 0.859. The smallest absolute Gasteiger partial charge is 0.306 e. The van der Waals surface area contributed by atoms with Crippen LogP contribution in [0.3, 0.4) is 0 Å². The molecule has 0 aliphatic heterocycles. The number of esters is 2. The van der Waals surface area contributed by atoms with Gasteiger partial charge >= 0.3 is 11.9 Å². The highest BCUT2D eigenvalue weighted by molar-refractivity contribution is 5.70. The van der Waals surface area contributed by atoms with Gasteiger partial charge in [0.05, 0.1) is 6.61 Å². The maximum absolute atomic E-state index is 12.4. The van der Waals surface area contributed by atoms with Gasteiger partial charge in [0.2, 0.25) is 0 Å². The third kappa shape index (κ3) is 64.4. The van der Waals surface area contributed by atoms with Gasteiger partial charge in [0, 0.05) is 12.8 Å². The van der Waals surface area contributed by atoms with Crippen LogP contribution in [-0.4, -0.2) is 36.4 Å². The topological polar surface area (TPSA) is 72.8 Å². The first-order valence-corrected chi connectivity index (χ1v) is 34.2. The molecule has 0 radical (unpaired) electrons. The molecule has 5 nitrogen and oxygen atoms in total. The largest absolute Gasteiger partial charge is 0.462 e. The molecule has 1 unspecified atom stereocenters. The van der Waals surface area contributed by atoms with Gasteiger partial charge in [-0.25, -0.2) is 0 Å². The summed E-state index contributed by atoms with van der Waals surface area (Å²) in [6.07, 6.45) is 90.0. The van der Waals surface area contributed by atoms with Gasteiger partial charge in [0.25, 0.3) is 0 Å². The summed E-state index contributed by atoms with van der Waals surface area (Å²) in [7, 11) is 0. The van der Waals surface area contributed by atoms with Crippen LogP contribution in [0, 0.1) is 0 Å². The molecule has 1 N–H and O–H groups in total. The Balaban J connectivity index is 3.39. The number of carbonyl (C=O) groups is 2. The summed E-state index contributed by atoms with van der Waals surface area (Å²) in [4.78, 5) is 24.6. The van der Waals surface area contributed by atoms with Crippen molar-refractivity contribution in [2.24, 2.45) is 0 Å². The predicted octanol–water partition coefficient (Wildman–Crippen LogP) is 23.5. The lowest BCUT2D eigenvalue weighted by Crippen LogP contribution is -2.28. The zero-order valence-corrected chi connectivity index (χ0v) is 51.3. The first-order chi connectivity index (χ1) is 37.6. The summed E-state index contributed by atoms with van der Waals surface area (Å²) in [6, 6.07) is 0. The maximum atomic E-state index is 12.4. The van der Waals surface area contributed by atoms with Crippen molar-refractivity contribution in [2.75, 3.05) is 13.2 Å². The first-order valence-electron chi connectivity index (χ1n) is 34.2. The Morgan fingerprint density at radius 1 is 0.316 bits per heavy atom. The van der Waals surface area contributed by atoms with E-state index in [1.807, 2.05) is 0 Å². The zero-order valence-electron chi connectivity index (χ0n) is 51.3. The minimum absolute atomic E-state index is 0.0588. The van der Waals surface area contributed by atoms with Crippen LogP contribution < -0.4 is 0 Å². The molecule has 1 atom stereocenters.